The maximum absolute atomic E-state index is 11.6. The molecule has 1 unspecified atom stereocenters. The molecule has 5 heteroatoms. The van der Waals surface area contributed by atoms with Crippen LogP contribution < -0.4 is 15.6 Å². The summed E-state index contributed by atoms with van der Waals surface area (Å²) in [5, 5.41) is 7.49. The van der Waals surface area contributed by atoms with Gasteiger partial charge in [0.1, 0.15) is 0 Å². The van der Waals surface area contributed by atoms with Gasteiger partial charge in [0, 0.05) is 18.2 Å². The van der Waals surface area contributed by atoms with E-state index < -0.39 is 0 Å². The molecule has 0 aliphatic rings. The third-order valence-corrected chi connectivity index (χ3v) is 2.57. The first-order valence-electron chi connectivity index (χ1n) is 6.06. The van der Waals surface area contributed by atoms with Gasteiger partial charge < -0.3 is 10.1 Å². The normalized spacial score (nSPS) is 12.4. The van der Waals surface area contributed by atoms with E-state index in [1.54, 1.807) is 13.2 Å². The molecular formula is C12H21N3O2. The second-order valence-electron chi connectivity index (χ2n) is 3.94. The van der Waals surface area contributed by atoms with Crippen molar-refractivity contribution in [2.75, 3.05) is 13.7 Å². The zero-order valence-corrected chi connectivity index (χ0v) is 10.8. The summed E-state index contributed by atoms with van der Waals surface area (Å²) in [5.41, 5.74) is -0.0928. The van der Waals surface area contributed by atoms with Crippen molar-refractivity contribution in [2.45, 2.75) is 39.3 Å². The Kier molecular flexibility index (Phi) is 5.69. The van der Waals surface area contributed by atoms with Crippen molar-refractivity contribution in [2.24, 2.45) is 0 Å². The Balaban J connectivity index is 2.80. The molecule has 1 heterocycles. The Morgan fingerprint density at radius 2 is 2.24 bits per heavy atom. The van der Waals surface area contributed by atoms with Crippen molar-refractivity contribution in [3.8, 4) is 5.88 Å². The largest absolute Gasteiger partial charge is 0.480 e. The second-order valence-corrected chi connectivity index (χ2v) is 3.94. The number of hydrogen-bond acceptors (Lipinski definition) is 4. The summed E-state index contributed by atoms with van der Waals surface area (Å²) in [4.78, 5) is 11.6. The Morgan fingerprint density at radius 1 is 1.47 bits per heavy atom. The molecule has 0 spiro atoms. The lowest BCUT2D eigenvalue weighted by molar-refractivity contribution is 0.353. The van der Waals surface area contributed by atoms with Gasteiger partial charge in [-0.25, -0.2) is 4.68 Å². The van der Waals surface area contributed by atoms with E-state index in [1.807, 2.05) is 0 Å². The molecule has 5 nitrogen and oxygen atoms in total. The van der Waals surface area contributed by atoms with Gasteiger partial charge in [-0.15, -0.1) is 5.10 Å². The Labute approximate surface area is 102 Å². The first kappa shape index (κ1) is 13.7. The first-order chi connectivity index (χ1) is 8.21. The molecule has 0 saturated carbocycles. The molecule has 0 bridgehead atoms. The van der Waals surface area contributed by atoms with Gasteiger partial charge in [0.25, 0.3) is 5.56 Å². The van der Waals surface area contributed by atoms with Gasteiger partial charge in [0.05, 0.1) is 13.7 Å². The van der Waals surface area contributed by atoms with Gasteiger partial charge in [0.15, 0.2) is 0 Å². The van der Waals surface area contributed by atoms with E-state index in [0.717, 1.165) is 19.4 Å². The number of nitrogens with one attached hydrogen (secondary N) is 1. The minimum Gasteiger partial charge on any atom is -0.480 e. The minimum atomic E-state index is -0.0928. The summed E-state index contributed by atoms with van der Waals surface area (Å²) in [7, 11) is 1.55. The van der Waals surface area contributed by atoms with Crippen LogP contribution in [-0.4, -0.2) is 29.5 Å². The van der Waals surface area contributed by atoms with E-state index in [-0.39, 0.29) is 11.6 Å². The lowest BCUT2D eigenvalue weighted by atomic mass is 10.1. The predicted octanol–water partition coefficient (Wildman–Crippen LogP) is 1.03. The number of hydrogen-bond donors (Lipinski definition) is 1. The molecule has 0 amide bonds. The van der Waals surface area contributed by atoms with E-state index >= 15 is 0 Å². The molecule has 1 N–H and O–H groups in total. The zero-order chi connectivity index (χ0) is 12.7. The SMILES string of the molecule is CCCC(Cn1nc(OC)ccc1=O)NCC. The van der Waals surface area contributed by atoms with E-state index in [1.165, 1.54) is 10.7 Å². The van der Waals surface area contributed by atoms with Crippen LogP contribution >= 0.6 is 0 Å². The monoisotopic (exact) mass is 239 g/mol. The summed E-state index contributed by atoms with van der Waals surface area (Å²) in [6.45, 7) is 5.66. The van der Waals surface area contributed by atoms with Crippen LogP contribution in [0.25, 0.3) is 0 Å². The molecule has 0 radical (unpaired) electrons. The highest BCUT2D eigenvalue weighted by Gasteiger charge is 2.09. The van der Waals surface area contributed by atoms with Gasteiger partial charge in [-0.3, -0.25) is 4.79 Å². The fourth-order valence-corrected chi connectivity index (χ4v) is 1.77. The number of ether oxygens (including phenoxy) is 1. The highest BCUT2D eigenvalue weighted by molar-refractivity contribution is 5.06. The second kappa shape index (κ2) is 7.06. The van der Waals surface area contributed by atoms with Crippen LogP contribution in [0, 0.1) is 0 Å². The zero-order valence-electron chi connectivity index (χ0n) is 10.8. The number of likely N-dealkylation sites (N-methyl/N-ethyl adjacent to an activating group) is 1. The van der Waals surface area contributed by atoms with Gasteiger partial charge >= 0.3 is 0 Å². The van der Waals surface area contributed by atoms with Crippen molar-refractivity contribution in [1.29, 1.82) is 0 Å². The lowest BCUT2D eigenvalue weighted by Gasteiger charge is -2.17. The van der Waals surface area contributed by atoms with Crippen LogP contribution in [0.15, 0.2) is 16.9 Å². The topological polar surface area (TPSA) is 56.2 Å². The Hall–Kier alpha value is -1.36. The van der Waals surface area contributed by atoms with Crippen molar-refractivity contribution in [1.82, 2.24) is 15.1 Å². The molecule has 0 aliphatic heterocycles. The molecule has 0 fully saturated rings. The minimum absolute atomic E-state index is 0.0928. The van der Waals surface area contributed by atoms with Crippen LogP contribution in [0.3, 0.4) is 0 Å². The van der Waals surface area contributed by atoms with Crippen molar-refractivity contribution in [3.63, 3.8) is 0 Å². The molecule has 96 valence electrons. The van der Waals surface area contributed by atoms with E-state index in [2.05, 4.69) is 24.3 Å². The third kappa shape index (κ3) is 4.19. The van der Waals surface area contributed by atoms with Crippen LogP contribution in [-0.2, 0) is 6.54 Å². The quantitative estimate of drug-likeness (QED) is 0.772. The fourth-order valence-electron chi connectivity index (χ4n) is 1.77. The smallest absolute Gasteiger partial charge is 0.267 e. The number of rotatable bonds is 7. The summed E-state index contributed by atoms with van der Waals surface area (Å²) < 4.78 is 6.48. The predicted molar refractivity (Wildman–Crippen MR) is 67.4 cm³/mol. The first-order valence-corrected chi connectivity index (χ1v) is 6.06. The molecule has 1 aromatic heterocycles. The van der Waals surface area contributed by atoms with Crippen molar-refractivity contribution >= 4 is 0 Å². The number of methoxy groups -OCH3 is 1. The van der Waals surface area contributed by atoms with Crippen LogP contribution in [0.1, 0.15) is 26.7 Å². The highest BCUT2D eigenvalue weighted by atomic mass is 16.5. The number of aromatic nitrogens is 2. The molecule has 1 aromatic rings. The van der Waals surface area contributed by atoms with Crippen LogP contribution in [0.4, 0.5) is 0 Å². The maximum Gasteiger partial charge on any atom is 0.267 e. The summed E-state index contributed by atoms with van der Waals surface area (Å²) >= 11 is 0. The van der Waals surface area contributed by atoms with Crippen LogP contribution in [0.5, 0.6) is 5.88 Å². The fraction of sp³-hybridized carbons (Fsp3) is 0.667. The lowest BCUT2D eigenvalue weighted by Crippen LogP contribution is -2.37. The van der Waals surface area contributed by atoms with E-state index in [4.69, 9.17) is 4.74 Å². The van der Waals surface area contributed by atoms with Gasteiger partial charge in [0.2, 0.25) is 5.88 Å². The molecular weight excluding hydrogens is 218 g/mol. The van der Waals surface area contributed by atoms with Crippen molar-refractivity contribution in [3.05, 3.63) is 22.5 Å². The molecule has 17 heavy (non-hydrogen) atoms. The van der Waals surface area contributed by atoms with Gasteiger partial charge in [-0.05, 0) is 13.0 Å². The van der Waals surface area contributed by atoms with Gasteiger partial charge in [-0.2, -0.15) is 0 Å². The average Bonchev–Trinajstić information content (AvgIpc) is 2.32. The van der Waals surface area contributed by atoms with E-state index in [0.29, 0.717) is 12.4 Å². The molecule has 1 rings (SSSR count). The average molecular weight is 239 g/mol. The molecule has 0 saturated heterocycles. The highest BCUT2D eigenvalue weighted by Crippen LogP contribution is 2.02. The maximum atomic E-state index is 11.6. The Morgan fingerprint density at radius 3 is 2.82 bits per heavy atom. The van der Waals surface area contributed by atoms with Crippen molar-refractivity contribution < 1.29 is 4.74 Å². The van der Waals surface area contributed by atoms with Crippen LogP contribution in [0.2, 0.25) is 0 Å². The summed E-state index contributed by atoms with van der Waals surface area (Å²) in [5.74, 6) is 0.469. The number of nitrogens with zero attached hydrogens (tertiary/aromatic N) is 2. The van der Waals surface area contributed by atoms with E-state index in [9.17, 15) is 4.79 Å². The summed E-state index contributed by atoms with van der Waals surface area (Å²) in [6, 6.07) is 3.35. The third-order valence-electron chi connectivity index (χ3n) is 2.57. The molecule has 0 aromatic carbocycles. The Bertz CT molecular complexity index is 384. The van der Waals surface area contributed by atoms with Gasteiger partial charge in [-0.1, -0.05) is 20.3 Å². The standard InChI is InChI=1S/C12H21N3O2/c1-4-6-10(13-5-2)9-15-12(16)8-7-11(14-15)17-3/h7-8,10,13H,4-6,9H2,1-3H3. The summed E-state index contributed by atoms with van der Waals surface area (Å²) in [6.07, 6.45) is 2.11. The molecule has 1 atom stereocenters. The molecule has 0 aliphatic carbocycles.